The summed E-state index contributed by atoms with van der Waals surface area (Å²) >= 11 is 0. The van der Waals surface area contributed by atoms with Crippen molar-refractivity contribution in [2.45, 2.75) is 6.92 Å². The zero-order chi connectivity index (χ0) is 10.6. The van der Waals surface area contributed by atoms with Crippen LogP contribution in [0.15, 0.2) is 30.6 Å². The van der Waals surface area contributed by atoms with Crippen LogP contribution in [0.25, 0.3) is 0 Å². The number of rotatable bonds is 3. The van der Waals surface area contributed by atoms with Gasteiger partial charge in [0.1, 0.15) is 0 Å². The Balaban J connectivity index is 3.08. The van der Waals surface area contributed by atoms with Crippen LogP contribution < -0.4 is 11.1 Å². The highest BCUT2D eigenvalue weighted by atomic mass is 16.4. The van der Waals surface area contributed by atoms with E-state index in [1.807, 2.05) is 13.0 Å². The van der Waals surface area contributed by atoms with Crippen LogP contribution in [-0.2, 0) is 0 Å². The van der Waals surface area contributed by atoms with Gasteiger partial charge < -0.3 is 16.2 Å². The minimum absolute atomic E-state index is 0.239. The molecule has 4 nitrogen and oxygen atoms in total. The van der Waals surface area contributed by atoms with E-state index in [1.54, 1.807) is 12.1 Å². The fourth-order valence-corrected chi connectivity index (χ4v) is 1.10. The second kappa shape index (κ2) is 4.32. The molecule has 0 aromatic heterocycles. The molecule has 0 spiro atoms. The summed E-state index contributed by atoms with van der Waals surface area (Å²) in [5, 5.41) is 11.7. The second-order valence-corrected chi connectivity index (χ2v) is 2.86. The highest BCUT2D eigenvalue weighted by Crippen LogP contribution is 2.17. The summed E-state index contributed by atoms with van der Waals surface area (Å²) in [6, 6.07) is 5.15. The Morgan fingerprint density at radius 2 is 2.29 bits per heavy atom. The third kappa shape index (κ3) is 2.26. The summed E-state index contributed by atoms with van der Waals surface area (Å²) in [5.41, 5.74) is 6.82. The number of benzene rings is 1. The molecule has 14 heavy (non-hydrogen) atoms. The fourth-order valence-electron chi connectivity index (χ4n) is 1.10. The average Bonchev–Trinajstić information content (AvgIpc) is 2.15. The van der Waals surface area contributed by atoms with Gasteiger partial charge in [-0.3, -0.25) is 0 Å². The third-order valence-corrected chi connectivity index (χ3v) is 1.74. The summed E-state index contributed by atoms with van der Waals surface area (Å²) < 4.78 is 0. The van der Waals surface area contributed by atoms with Crippen LogP contribution in [0.1, 0.15) is 15.9 Å². The molecule has 0 aliphatic heterocycles. The van der Waals surface area contributed by atoms with Crippen LogP contribution in [0.5, 0.6) is 0 Å². The number of nitrogens with two attached hydrogens (primary N) is 1. The molecule has 0 unspecified atom stereocenters. The van der Waals surface area contributed by atoms with E-state index < -0.39 is 5.97 Å². The van der Waals surface area contributed by atoms with Gasteiger partial charge in [-0.1, -0.05) is 11.6 Å². The van der Waals surface area contributed by atoms with Crippen molar-refractivity contribution in [3.8, 4) is 0 Å². The van der Waals surface area contributed by atoms with Crippen LogP contribution in [0.3, 0.4) is 0 Å². The van der Waals surface area contributed by atoms with Crippen molar-refractivity contribution in [1.82, 2.24) is 0 Å². The van der Waals surface area contributed by atoms with E-state index in [-0.39, 0.29) is 5.56 Å². The molecule has 74 valence electrons. The smallest absolute Gasteiger partial charge is 0.337 e. The maximum atomic E-state index is 10.8. The van der Waals surface area contributed by atoms with E-state index in [9.17, 15) is 4.79 Å². The van der Waals surface area contributed by atoms with Gasteiger partial charge in [0.05, 0.1) is 11.3 Å². The first-order chi connectivity index (χ1) is 6.65. The standard InChI is InChI=1S/C10H12N2O2/c1-7-2-3-9(12-5-4-11)8(6-7)10(13)14/h2-6,12H,11H2,1H3,(H,13,14)/b5-4-. The maximum Gasteiger partial charge on any atom is 0.337 e. The molecule has 1 aromatic rings. The first-order valence-electron chi connectivity index (χ1n) is 4.12. The van der Waals surface area contributed by atoms with Gasteiger partial charge >= 0.3 is 5.97 Å². The molecule has 0 aliphatic carbocycles. The second-order valence-electron chi connectivity index (χ2n) is 2.86. The van der Waals surface area contributed by atoms with Crippen molar-refractivity contribution in [3.05, 3.63) is 41.7 Å². The van der Waals surface area contributed by atoms with Gasteiger partial charge in [-0.2, -0.15) is 0 Å². The molecule has 0 atom stereocenters. The molecule has 0 heterocycles. The summed E-state index contributed by atoms with van der Waals surface area (Å²) in [4.78, 5) is 10.8. The van der Waals surface area contributed by atoms with E-state index in [0.717, 1.165) is 5.56 Å². The van der Waals surface area contributed by atoms with Gasteiger partial charge in [-0.15, -0.1) is 0 Å². The quantitative estimate of drug-likeness (QED) is 0.679. The Morgan fingerprint density at radius 1 is 1.57 bits per heavy atom. The minimum atomic E-state index is -0.957. The van der Waals surface area contributed by atoms with E-state index in [2.05, 4.69) is 5.32 Å². The first-order valence-corrected chi connectivity index (χ1v) is 4.12. The van der Waals surface area contributed by atoms with Crippen LogP contribution >= 0.6 is 0 Å². The van der Waals surface area contributed by atoms with Gasteiger partial charge in [0.2, 0.25) is 0 Å². The van der Waals surface area contributed by atoms with Crippen molar-refractivity contribution in [2.75, 3.05) is 5.32 Å². The molecule has 1 aromatic carbocycles. The molecule has 0 fully saturated rings. The number of carboxylic acids is 1. The normalized spacial score (nSPS) is 10.4. The van der Waals surface area contributed by atoms with Crippen molar-refractivity contribution in [1.29, 1.82) is 0 Å². The SMILES string of the molecule is Cc1ccc(N/C=C\N)c(C(=O)O)c1. The highest BCUT2D eigenvalue weighted by Gasteiger charge is 2.08. The Bertz CT molecular complexity index is 372. The number of carbonyl (C=O) groups is 1. The van der Waals surface area contributed by atoms with Crippen LogP contribution in [0.2, 0.25) is 0 Å². The van der Waals surface area contributed by atoms with E-state index in [1.165, 1.54) is 12.4 Å². The molecule has 0 radical (unpaired) electrons. The summed E-state index contributed by atoms with van der Waals surface area (Å²) in [5.74, 6) is -0.957. The summed E-state index contributed by atoms with van der Waals surface area (Å²) in [7, 11) is 0. The monoisotopic (exact) mass is 192 g/mol. The van der Waals surface area contributed by atoms with Gasteiger partial charge in [0, 0.05) is 12.4 Å². The van der Waals surface area contributed by atoms with Crippen molar-refractivity contribution < 1.29 is 9.90 Å². The van der Waals surface area contributed by atoms with Crippen LogP contribution in [-0.4, -0.2) is 11.1 Å². The molecular weight excluding hydrogens is 180 g/mol. The zero-order valence-corrected chi connectivity index (χ0v) is 7.82. The van der Waals surface area contributed by atoms with Crippen LogP contribution in [0.4, 0.5) is 5.69 Å². The largest absolute Gasteiger partial charge is 0.478 e. The molecule has 4 N–H and O–H groups in total. The lowest BCUT2D eigenvalue weighted by Gasteiger charge is -2.06. The fraction of sp³-hybridized carbons (Fsp3) is 0.100. The molecule has 0 saturated heterocycles. The molecule has 0 aliphatic rings. The van der Waals surface area contributed by atoms with Gasteiger partial charge in [-0.25, -0.2) is 4.79 Å². The van der Waals surface area contributed by atoms with Crippen molar-refractivity contribution >= 4 is 11.7 Å². The molecule has 4 heteroatoms. The van der Waals surface area contributed by atoms with E-state index >= 15 is 0 Å². The van der Waals surface area contributed by atoms with Crippen molar-refractivity contribution in [2.24, 2.45) is 5.73 Å². The predicted octanol–water partition coefficient (Wildman–Crippen LogP) is 1.54. The summed E-state index contributed by atoms with van der Waals surface area (Å²) in [6.07, 6.45) is 2.79. The Kier molecular flexibility index (Phi) is 3.12. The number of carboxylic acid groups (broad SMARTS) is 1. The third-order valence-electron chi connectivity index (χ3n) is 1.74. The lowest BCUT2D eigenvalue weighted by molar-refractivity contribution is 0.0698. The number of nitrogens with one attached hydrogen (secondary N) is 1. The lowest BCUT2D eigenvalue weighted by atomic mass is 10.1. The average molecular weight is 192 g/mol. The highest BCUT2D eigenvalue weighted by molar-refractivity contribution is 5.94. The molecular formula is C10H12N2O2. The Labute approximate surface area is 82.0 Å². The van der Waals surface area contributed by atoms with Crippen LogP contribution in [0, 0.1) is 6.92 Å². The summed E-state index contributed by atoms with van der Waals surface area (Å²) in [6.45, 7) is 1.84. The molecule has 0 amide bonds. The number of anilines is 1. The Morgan fingerprint density at radius 3 is 2.86 bits per heavy atom. The molecule has 0 bridgehead atoms. The predicted molar refractivity (Wildman–Crippen MR) is 55.1 cm³/mol. The first kappa shape index (κ1) is 10.1. The Hall–Kier alpha value is -1.97. The molecule has 1 rings (SSSR count). The lowest BCUT2D eigenvalue weighted by Crippen LogP contribution is -2.02. The number of hydrogen-bond acceptors (Lipinski definition) is 3. The van der Waals surface area contributed by atoms with Gasteiger partial charge in [0.25, 0.3) is 0 Å². The maximum absolute atomic E-state index is 10.8. The van der Waals surface area contributed by atoms with Gasteiger partial charge in [-0.05, 0) is 19.1 Å². The van der Waals surface area contributed by atoms with E-state index in [4.69, 9.17) is 10.8 Å². The number of aromatic carboxylic acids is 1. The van der Waals surface area contributed by atoms with Gasteiger partial charge in [0.15, 0.2) is 0 Å². The zero-order valence-electron chi connectivity index (χ0n) is 7.82. The molecule has 0 saturated carbocycles. The van der Waals surface area contributed by atoms with Crippen molar-refractivity contribution in [3.63, 3.8) is 0 Å². The van der Waals surface area contributed by atoms with E-state index in [0.29, 0.717) is 5.69 Å². The number of hydrogen-bond donors (Lipinski definition) is 3. The number of aryl methyl sites for hydroxylation is 1. The topological polar surface area (TPSA) is 75.3 Å². The minimum Gasteiger partial charge on any atom is -0.478 e.